The van der Waals surface area contributed by atoms with Gasteiger partial charge in [0.2, 0.25) is 0 Å². The highest BCUT2D eigenvalue weighted by molar-refractivity contribution is 7.99. The van der Waals surface area contributed by atoms with Gasteiger partial charge in [-0.1, -0.05) is 54.8 Å². The molecule has 3 aromatic rings. The van der Waals surface area contributed by atoms with E-state index in [0.29, 0.717) is 17.5 Å². The largest absolute Gasteiger partial charge is 0.467 e. The van der Waals surface area contributed by atoms with Gasteiger partial charge in [0.05, 0.1) is 29.8 Å². The van der Waals surface area contributed by atoms with E-state index in [2.05, 4.69) is 24.1 Å². The molecule has 0 amide bonds. The Hall–Kier alpha value is -2.71. The first kappa shape index (κ1) is 18.3. The molecule has 0 saturated heterocycles. The van der Waals surface area contributed by atoms with Crippen molar-refractivity contribution in [1.82, 2.24) is 9.55 Å². The van der Waals surface area contributed by atoms with Gasteiger partial charge >= 0.3 is 0 Å². The predicted molar refractivity (Wildman–Crippen MR) is 115 cm³/mol. The first-order valence-corrected chi connectivity index (χ1v) is 11.0. The van der Waals surface area contributed by atoms with E-state index in [1.165, 1.54) is 17.3 Å². The zero-order chi connectivity index (χ0) is 19.8. The van der Waals surface area contributed by atoms with Crippen molar-refractivity contribution in [2.24, 2.45) is 0 Å². The fourth-order valence-corrected chi connectivity index (χ4v) is 5.63. The molecule has 0 aliphatic heterocycles. The average Bonchev–Trinajstić information content (AvgIpc) is 3.41. The topological polar surface area (TPSA) is 48.0 Å². The van der Waals surface area contributed by atoms with Crippen LogP contribution in [0.1, 0.15) is 42.6 Å². The van der Waals surface area contributed by atoms with Gasteiger partial charge in [0, 0.05) is 11.0 Å². The number of nitrogens with zero attached hydrogens (tertiary/aromatic N) is 2. The second kappa shape index (κ2) is 7.27. The highest BCUT2D eigenvalue weighted by Gasteiger charge is 2.44. The lowest BCUT2D eigenvalue weighted by molar-refractivity contribution is 0.412. The predicted octanol–water partition coefficient (Wildman–Crippen LogP) is 4.64. The third kappa shape index (κ3) is 3.03. The Kier molecular flexibility index (Phi) is 4.60. The summed E-state index contributed by atoms with van der Waals surface area (Å²) in [6.45, 7) is 0.372. The van der Waals surface area contributed by atoms with Gasteiger partial charge in [-0.25, -0.2) is 4.98 Å². The smallest absolute Gasteiger partial charge is 0.258 e. The van der Waals surface area contributed by atoms with E-state index in [1.807, 2.05) is 18.2 Å². The summed E-state index contributed by atoms with van der Waals surface area (Å²) < 4.78 is 7.29. The number of hydrogen-bond donors (Lipinski definition) is 0. The molecular formula is C24H22N2O2S. The van der Waals surface area contributed by atoms with Crippen molar-refractivity contribution in [3.05, 3.63) is 69.9 Å². The van der Waals surface area contributed by atoms with Crippen LogP contribution in [0.3, 0.4) is 0 Å². The Morgan fingerprint density at radius 3 is 2.79 bits per heavy atom. The molecule has 0 radical (unpaired) electrons. The molecule has 0 unspecified atom stereocenters. The lowest BCUT2D eigenvalue weighted by Gasteiger charge is -2.36. The summed E-state index contributed by atoms with van der Waals surface area (Å²) in [7, 11) is 0. The third-order valence-corrected chi connectivity index (χ3v) is 7.09. The third-order valence-electron chi connectivity index (χ3n) is 6.21. The van der Waals surface area contributed by atoms with Crippen LogP contribution in [-0.2, 0) is 18.4 Å². The SMILES string of the molecule is C#CCSc1nc2c(c(=O)n1Cc1ccco1)C1(CCCC1)Cc1ccccc1-2. The second-order valence-corrected chi connectivity index (χ2v) is 8.85. The molecule has 1 spiro atoms. The summed E-state index contributed by atoms with van der Waals surface area (Å²) in [5.41, 5.74) is 4.09. The van der Waals surface area contributed by atoms with Crippen molar-refractivity contribution in [3.63, 3.8) is 0 Å². The van der Waals surface area contributed by atoms with E-state index in [0.717, 1.165) is 54.7 Å². The molecule has 2 aliphatic carbocycles. The number of aromatic nitrogens is 2. The van der Waals surface area contributed by atoms with Crippen molar-refractivity contribution in [1.29, 1.82) is 0 Å². The number of hydrogen-bond acceptors (Lipinski definition) is 4. The average molecular weight is 403 g/mol. The summed E-state index contributed by atoms with van der Waals surface area (Å²) in [6.07, 6.45) is 12.5. The van der Waals surface area contributed by atoms with Crippen LogP contribution in [0.4, 0.5) is 0 Å². The monoisotopic (exact) mass is 402 g/mol. The van der Waals surface area contributed by atoms with Gasteiger partial charge in [0.15, 0.2) is 5.16 Å². The Morgan fingerprint density at radius 1 is 1.21 bits per heavy atom. The molecule has 5 rings (SSSR count). The molecule has 0 bridgehead atoms. The van der Waals surface area contributed by atoms with E-state index in [9.17, 15) is 4.79 Å². The van der Waals surface area contributed by atoms with E-state index in [1.54, 1.807) is 10.8 Å². The van der Waals surface area contributed by atoms with Crippen LogP contribution in [0.25, 0.3) is 11.3 Å². The fourth-order valence-electron chi connectivity index (χ4n) is 4.96. The van der Waals surface area contributed by atoms with Gasteiger partial charge in [-0.2, -0.15) is 0 Å². The summed E-state index contributed by atoms with van der Waals surface area (Å²) in [5, 5.41) is 0.660. The maximum atomic E-state index is 13.9. The molecule has 5 heteroatoms. The first-order chi connectivity index (χ1) is 14.2. The molecular weight excluding hydrogens is 380 g/mol. The zero-order valence-electron chi connectivity index (χ0n) is 16.2. The number of furan rings is 1. The molecule has 146 valence electrons. The maximum Gasteiger partial charge on any atom is 0.258 e. The van der Waals surface area contributed by atoms with Crippen LogP contribution in [0.2, 0.25) is 0 Å². The summed E-state index contributed by atoms with van der Waals surface area (Å²) >= 11 is 1.44. The van der Waals surface area contributed by atoms with Crippen molar-refractivity contribution in [3.8, 4) is 23.6 Å². The van der Waals surface area contributed by atoms with E-state index < -0.39 is 0 Å². The minimum Gasteiger partial charge on any atom is -0.467 e. The fraction of sp³-hybridized carbons (Fsp3) is 0.333. The molecule has 2 aromatic heterocycles. The lowest BCUT2D eigenvalue weighted by atomic mass is 9.68. The molecule has 0 N–H and O–H groups in total. The number of terminal acetylenes is 1. The van der Waals surface area contributed by atoms with Crippen molar-refractivity contribution in [2.75, 3.05) is 5.75 Å². The molecule has 4 nitrogen and oxygen atoms in total. The molecule has 1 saturated carbocycles. The van der Waals surface area contributed by atoms with Crippen molar-refractivity contribution >= 4 is 11.8 Å². The van der Waals surface area contributed by atoms with Gasteiger partial charge in [0.25, 0.3) is 5.56 Å². The van der Waals surface area contributed by atoms with E-state index in [-0.39, 0.29) is 11.0 Å². The van der Waals surface area contributed by atoms with Crippen LogP contribution < -0.4 is 5.56 Å². The van der Waals surface area contributed by atoms with E-state index >= 15 is 0 Å². The maximum absolute atomic E-state index is 13.9. The minimum atomic E-state index is -0.103. The highest BCUT2D eigenvalue weighted by atomic mass is 32.2. The number of rotatable bonds is 4. The van der Waals surface area contributed by atoms with Gasteiger partial charge in [0.1, 0.15) is 5.76 Å². The van der Waals surface area contributed by atoms with E-state index in [4.69, 9.17) is 15.8 Å². The van der Waals surface area contributed by atoms with Crippen LogP contribution in [0.5, 0.6) is 0 Å². The molecule has 2 aliphatic rings. The summed E-state index contributed by atoms with van der Waals surface area (Å²) in [5.74, 6) is 3.87. The van der Waals surface area contributed by atoms with Gasteiger partial charge < -0.3 is 4.42 Å². The molecule has 29 heavy (non-hydrogen) atoms. The normalized spacial score (nSPS) is 16.4. The first-order valence-electron chi connectivity index (χ1n) is 10.0. The minimum absolute atomic E-state index is 0.0577. The summed E-state index contributed by atoms with van der Waals surface area (Å²) in [4.78, 5) is 19.0. The molecule has 0 atom stereocenters. The Bertz CT molecular complexity index is 1150. The van der Waals surface area contributed by atoms with Crippen LogP contribution in [0, 0.1) is 12.3 Å². The standard InChI is InChI=1S/C24H22N2O2S/c1-2-14-29-23-25-21-19-10-4-3-8-17(19)15-24(11-5-6-12-24)20(21)22(27)26(23)16-18-9-7-13-28-18/h1,3-4,7-10,13H,5-6,11-12,14-16H2. The molecule has 1 aromatic carbocycles. The Morgan fingerprint density at radius 2 is 2.03 bits per heavy atom. The zero-order valence-corrected chi connectivity index (χ0v) is 17.0. The molecule has 2 heterocycles. The Labute approximate surface area is 174 Å². The van der Waals surface area contributed by atoms with Gasteiger partial charge in [-0.3, -0.25) is 9.36 Å². The lowest BCUT2D eigenvalue weighted by Crippen LogP contribution is -2.40. The number of fused-ring (bicyclic) bond motifs is 4. The van der Waals surface area contributed by atoms with Crippen molar-refractivity contribution in [2.45, 2.75) is 49.2 Å². The highest BCUT2D eigenvalue weighted by Crippen LogP contribution is 2.49. The quantitative estimate of drug-likeness (QED) is 0.362. The van der Waals surface area contributed by atoms with Crippen LogP contribution >= 0.6 is 11.8 Å². The van der Waals surface area contributed by atoms with Gasteiger partial charge in [-0.15, -0.1) is 6.42 Å². The Balaban J connectivity index is 1.77. The van der Waals surface area contributed by atoms with Crippen LogP contribution in [-0.4, -0.2) is 15.3 Å². The van der Waals surface area contributed by atoms with Crippen molar-refractivity contribution < 1.29 is 4.42 Å². The second-order valence-electron chi connectivity index (χ2n) is 7.90. The number of thioether (sulfide) groups is 1. The van der Waals surface area contributed by atoms with Gasteiger partial charge in [-0.05, 0) is 37.0 Å². The van der Waals surface area contributed by atoms with Crippen LogP contribution in [0.15, 0.2) is 57.0 Å². The molecule has 1 fully saturated rings. The summed E-state index contributed by atoms with van der Waals surface area (Å²) in [6, 6.07) is 12.1. The number of benzene rings is 1.